The maximum Gasteiger partial charge on any atom is 0.341 e. The van der Waals surface area contributed by atoms with Crippen molar-refractivity contribution in [1.82, 2.24) is 9.38 Å². The molecule has 0 aliphatic heterocycles. The number of nitrogens with two attached hydrogens (primary N) is 1. The summed E-state index contributed by atoms with van der Waals surface area (Å²) in [4.78, 5) is 27.8. The Balaban J connectivity index is 2.05. The lowest BCUT2D eigenvalue weighted by molar-refractivity contribution is 0.0694. The van der Waals surface area contributed by atoms with Gasteiger partial charge in [-0.25, -0.2) is 9.78 Å². The number of fused-ring (bicyclic) bond motifs is 1. The van der Waals surface area contributed by atoms with Crippen LogP contribution < -0.4 is 11.3 Å². The van der Waals surface area contributed by atoms with E-state index in [0.29, 0.717) is 28.0 Å². The Kier molecular flexibility index (Phi) is 3.24. The van der Waals surface area contributed by atoms with E-state index in [1.54, 1.807) is 24.4 Å². The highest BCUT2D eigenvalue weighted by Crippen LogP contribution is 2.45. The molecule has 25 heavy (non-hydrogen) atoms. The van der Waals surface area contributed by atoms with Crippen molar-refractivity contribution in [2.45, 2.75) is 18.8 Å². The number of pyridine rings is 3. The molecule has 7 heteroatoms. The lowest BCUT2D eigenvalue weighted by Gasteiger charge is -2.14. The Labute approximate surface area is 142 Å². The van der Waals surface area contributed by atoms with Gasteiger partial charge in [-0.1, -0.05) is 0 Å². The van der Waals surface area contributed by atoms with Crippen molar-refractivity contribution in [3.63, 3.8) is 0 Å². The van der Waals surface area contributed by atoms with Crippen LogP contribution in [0.3, 0.4) is 0 Å². The summed E-state index contributed by atoms with van der Waals surface area (Å²) in [5, 5.41) is 20.1. The molecule has 1 aliphatic carbocycles. The minimum absolute atomic E-state index is 0.0648. The predicted octanol–water partition coefficient (Wildman–Crippen LogP) is 2.22. The molecule has 1 aliphatic rings. The first-order valence-electron chi connectivity index (χ1n) is 7.84. The lowest BCUT2D eigenvalue weighted by Crippen LogP contribution is -2.23. The van der Waals surface area contributed by atoms with Crippen LogP contribution in [0.5, 0.6) is 5.75 Å². The molecule has 0 saturated heterocycles. The average molecular weight is 337 g/mol. The number of rotatable bonds is 3. The summed E-state index contributed by atoms with van der Waals surface area (Å²) in [6, 6.07) is 6.32. The molecule has 3 aromatic heterocycles. The van der Waals surface area contributed by atoms with Gasteiger partial charge in [0.15, 0.2) is 0 Å². The molecule has 7 nitrogen and oxygen atoms in total. The number of anilines is 1. The van der Waals surface area contributed by atoms with E-state index in [-0.39, 0.29) is 17.2 Å². The van der Waals surface area contributed by atoms with E-state index in [1.807, 2.05) is 0 Å². The fourth-order valence-corrected chi connectivity index (χ4v) is 3.06. The van der Waals surface area contributed by atoms with Gasteiger partial charge in [0.1, 0.15) is 17.1 Å². The maximum atomic E-state index is 12.5. The van der Waals surface area contributed by atoms with Gasteiger partial charge in [-0.15, -0.1) is 0 Å². The molecular weight excluding hydrogens is 322 g/mol. The van der Waals surface area contributed by atoms with Gasteiger partial charge in [0.25, 0.3) is 5.56 Å². The second kappa shape index (κ2) is 5.34. The number of carboxylic acids is 1. The fraction of sp³-hybridized carbons (Fsp3) is 0.167. The number of nitrogens with zero attached hydrogens (tertiary/aromatic N) is 2. The van der Waals surface area contributed by atoms with Gasteiger partial charge in [0.05, 0.1) is 5.52 Å². The van der Waals surface area contributed by atoms with Gasteiger partial charge >= 0.3 is 5.97 Å². The van der Waals surface area contributed by atoms with Gasteiger partial charge in [0, 0.05) is 23.5 Å². The zero-order valence-electron chi connectivity index (χ0n) is 13.1. The highest BCUT2D eigenvalue weighted by atomic mass is 16.4. The fourth-order valence-electron chi connectivity index (χ4n) is 3.06. The summed E-state index contributed by atoms with van der Waals surface area (Å²) in [6.07, 6.45) is 4.84. The van der Waals surface area contributed by atoms with Gasteiger partial charge in [-0.05, 0) is 48.6 Å². The molecule has 0 radical (unpaired) electrons. The molecule has 1 saturated carbocycles. The van der Waals surface area contributed by atoms with Crippen molar-refractivity contribution in [3.8, 4) is 16.9 Å². The van der Waals surface area contributed by atoms with Crippen molar-refractivity contribution >= 4 is 17.3 Å². The molecular formula is C18H15N3O4. The van der Waals surface area contributed by atoms with E-state index in [2.05, 4.69) is 4.98 Å². The summed E-state index contributed by atoms with van der Waals surface area (Å²) in [7, 11) is 0. The molecule has 0 spiro atoms. The van der Waals surface area contributed by atoms with Crippen molar-refractivity contribution in [1.29, 1.82) is 0 Å². The maximum absolute atomic E-state index is 12.5. The van der Waals surface area contributed by atoms with Crippen molar-refractivity contribution in [2.24, 2.45) is 0 Å². The second-order valence-corrected chi connectivity index (χ2v) is 6.17. The molecule has 3 aromatic rings. The van der Waals surface area contributed by atoms with Crippen LogP contribution in [0.15, 0.2) is 41.5 Å². The predicted molar refractivity (Wildman–Crippen MR) is 91.9 cm³/mol. The largest absolute Gasteiger partial charge is 0.505 e. The van der Waals surface area contributed by atoms with E-state index in [9.17, 15) is 19.8 Å². The zero-order chi connectivity index (χ0) is 17.7. The molecule has 3 heterocycles. The number of carboxylic acid groups (broad SMARTS) is 1. The van der Waals surface area contributed by atoms with Gasteiger partial charge < -0.3 is 15.9 Å². The van der Waals surface area contributed by atoms with Crippen LogP contribution in [0.1, 0.15) is 34.7 Å². The summed E-state index contributed by atoms with van der Waals surface area (Å²) in [5.41, 5.74) is 6.84. The van der Waals surface area contributed by atoms with Crippen molar-refractivity contribution in [2.75, 3.05) is 5.73 Å². The number of nitrogen functional groups attached to an aromatic ring is 1. The molecule has 0 atom stereocenters. The first kappa shape index (κ1) is 15.2. The van der Waals surface area contributed by atoms with Crippen LogP contribution in [0, 0.1) is 0 Å². The van der Waals surface area contributed by atoms with E-state index >= 15 is 0 Å². The van der Waals surface area contributed by atoms with Gasteiger partial charge in [-0.2, -0.15) is 0 Å². The van der Waals surface area contributed by atoms with Crippen LogP contribution in [0.2, 0.25) is 0 Å². The SMILES string of the molecule is Nc1ccc(-c2ccn3c(=O)c(C(=O)O)cc(C4CC4)c3c2O)cn1. The first-order chi connectivity index (χ1) is 12.0. The van der Waals surface area contributed by atoms with Gasteiger partial charge in [-0.3, -0.25) is 9.20 Å². The van der Waals surface area contributed by atoms with E-state index in [1.165, 1.54) is 16.7 Å². The third-order valence-electron chi connectivity index (χ3n) is 4.48. The van der Waals surface area contributed by atoms with Crippen LogP contribution in [0.4, 0.5) is 5.82 Å². The summed E-state index contributed by atoms with van der Waals surface area (Å²) >= 11 is 0. The monoisotopic (exact) mass is 337 g/mol. The Bertz CT molecular complexity index is 1070. The van der Waals surface area contributed by atoms with E-state index < -0.39 is 11.5 Å². The molecule has 0 unspecified atom stereocenters. The normalized spacial score (nSPS) is 13.9. The highest BCUT2D eigenvalue weighted by Gasteiger charge is 2.30. The van der Waals surface area contributed by atoms with Crippen molar-refractivity contribution < 1.29 is 15.0 Å². The number of hydrogen-bond acceptors (Lipinski definition) is 5. The Morgan fingerprint density at radius 1 is 1.28 bits per heavy atom. The number of aromatic nitrogens is 2. The van der Waals surface area contributed by atoms with E-state index in [4.69, 9.17) is 5.73 Å². The smallest absolute Gasteiger partial charge is 0.341 e. The van der Waals surface area contributed by atoms with E-state index in [0.717, 1.165) is 12.8 Å². The molecule has 1 fully saturated rings. The number of hydrogen-bond donors (Lipinski definition) is 3. The zero-order valence-corrected chi connectivity index (χ0v) is 13.1. The highest BCUT2D eigenvalue weighted by molar-refractivity contribution is 5.90. The minimum Gasteiger partial charge on any atom is -0.505 e. The molecule has 0 amide bonds. The Morgan fingerprint density at radius 2 is 2.04 bits per heavy atom. The van der Waals surface area contributed by atoms with Crippen LogP contribution in [-0.2, 0) is 0 Å². The average Bonchev–Trinajstić information content (AvgIpc) is 3.41. The first-order valence-corrected chi connectivity index (χ1v) is 7.84. The van der Waals surface area contributed by atoms with Gasteiger partial charge in [0.2, 0.25) is 0 Å². The quantitative estimate of drug-likeness (QED) is 0.674. The second-order valence-electron chi connectivity index (χ2n) is 6.17. The van der Waals surface area contributed by atoms with Crippen LogP contribution in [-0.4, -0.2) is 25.6 Å². The number of aromatic carboxylic acids is 1. The Morgan fingerprint density at radius 3 is 2.64 bits per heavy atom. The van der Waals surface area contributed by atoms with Crippen LogP contribution in [0.25, 0.3) is 16.6 Å². The minimum atomic E-state index is -1.27. The third kappa shape index (κ3) is 2.40. The lowest BCUT2D eigenvalue weighted by atomic mass is 10.0. The van der Waals surface area contributed by atoms with Crippen LogP contribution >= 0.6 is 0 Å². The Hall–Kier alpha value is -3.35. The number of aromatic hydroxyl groups is 1. The molecule has 4 rings (SSSR count). The molecule has 4 N–H and O–H groups in total. The topological polar surface area (TPSA) is 118 Å². The molecule has 0 bridgehead atoms. The number of carbonyl (C=O) groups is 1. The third-order valence-corrected chi connectivity index (χ3v) is 4.48. The summed E-state index contributed by atoms with van der Waals surface area (Å²) in [6.45, 7) is 0. The summed E-state index contributed by atoms with van der Waals surface area (Å²) < 4.78 is 1.21. The summed E-state index contributed by atoms with van der Waals surface area (Å²) in [5.74, 6) is -0.818. The van der Waals surface area contributed by atoms with Crippen molar-refractivity contribution in [3.05, 3.63) is 58.1 Å². The molecule has 0 aromatic carbocycles. The standard InChI is InChI=1S/C18H15N3O4/c19-14-4-3-10(8-20-14)11-5-6-21-15(16(11)22)12(9-1-2-9)7-13(17(21)23)18(24)25/h3-9,22H,1-2H2,(H2,19,20)(H,24,25). The molecule has 126 valence electrons.